The molecule has 0 bridgehead atoms. The number of aliphatic carboxylic acids is 1. The van der Waals surface area contributed by atoms with Gasteiger partial charge in [0.2, 0.25) is 0 Å². The van der Waals surface area contributed by atoms with Gasteiger partial charge in [-0.3, -0.25) is 9.59 Å². The van der Waals surface area contributed by atoms with Gasteiger partial charge in [-0.15, -0.1) is 11.8 Å². The van der Waals surface area contributed by atoms with Gasteiger partial charge in [-0.05, 0) is 11.7 Å². The van der Waals surface area contributed by atoms with E-state index in [4.69, 9.17) is 14.6 Å². The van der Waals surface area contributed by atoms with Crippen LogP contribution in [-0.4, -0.2) is 47.0 Å². The van der Waals surface area contributed by atoms with Crippen LogP contribution < -0.4 is 5.32 Å². The molecular formula is C14H25NO6S. The van der Waals surface area contributed by atoms with Crippen molar-refractivity contribution in [2.75, 3.05) is 12.3 Å². The third-order valence-electron chi connectivity index (χ3n) is 2.39. The Hall–Kier alpha value is -1.44. The summed E-state index contributed by atoms with van der Waals surface area (Å²) in [6.45, 7) is 8.61. The number of esters is 1. The molecule has 2 N–H and O–H groups in total. The minimum atomic E-state index is -0.996. The zero-order chi connectivity index (χ0) is 17.3. The number of hydrogen-bond acceptors (Lipinski definition) is 6. The van der Waals surface area contributed by atoms with Crippen LogP contribution in [0.3, 0.4) is 0 Å². The molecule has 0 spiro atoms. The minimum Gasteiger partial charge on any atom is -0.480 e. The van der Waals surface area contributed by atoms with Gasteiger partial charge in [0.1, 0.15) is 5.25 Å². The summed E-state index contributed by atoms with van der Waals surface area (Å²) in [6, 6.07) is 0. The predicted molar refractivity (Wildman–Crippen MR) is 83.6 cm³/mol. The van der Waals surface area contributed by atoms with Crippen molar-refractivity contribution in [2.45, 2.75) is 46.2 Å². The molecule has 0 heterocycles. The molecular weight excluding hydrogens is 310 g/mol. The van der Waals surface area contributed by atoms with E-state index in [2.05, 4.69) is 5.32 Å². The van der Waals surface area contributed by atoms with Crippen LogP contribution in [0.4, 0.5) is 4.79 Å². The van der Waals surface area contributed by atoms with E-state index in [1.807, 2.05) is 13.8 Å². The first-order valence-electron chi connectivity index (χ1n) is 7.09. The average Bonchev–Trinajstić information content (AvgIpc) is 2.36. The van der Waals surface area contributed by atoms with E-state index in [1.54, 1.807) is 13.8 Å². The Labute approximate surface area is 135 Å². The molecule has 2 atom stereocenters. The smallest absolute Gasteiger partial charge is 0.410 e. The van der Waals surface area contributed by atoms with Crippen molar-refractivity contribution in [2.24, 2.45) is 11.8 Å². The van der Waals surface area contributed by atoms with Crippen LogP contribution in [0.15, 0.2) is 0 Å². The molecule has 1 amide bonds. The number of carbonyl (C=O) groups is 3. The van der Waals surface area contributed by atoms with Crippen molar-refractivity contribution in [1.29, 1.82) is 0 Å². The number of carboxylic acids is 1. The number of carbonyl (C=O) groups excluding carboxylic acids is 2. The van der Waals surface area contributed by atoms with Crippen LogP contribution in [0.5, 0.6) is 0 Å². The van der Waals surface area contributed by atoms with Crippen LogP contribution in [0.25, 0.3) is 0 Å². The van der Waals surface area contributed by atoms with Gasteiger partial charge < -0.3 is 19.9 Å². The number of carboxylic acid groups (broad SMARTS) is 1. The monoisotopic (exact) mass is 335 g/mol. The summed E-state index contributed by atoms with van der Waals surface area (Å²) in [5.41, 5.74) is 0. The van der Waals surface area contributed by atoms with E-state index in [9.17, 15) is 14.4 Å². The van der Waals surface area contributed by atoms with Crippen molar-refractivity contribution in [3.05, 3.63) is 0 Å². The summed E-state index contributed by atoms with van der Waals surface area (Å²) in [5.74, 6) is -0.725. The Bertz CT molecular complexity index is 386. The number of nitrogens with one attached hydrogen (secondary N) is 1. The summed E-state index contributed by atoms with van der Waals surface area (Å²) in [4.78, 5) is 33.7. The van der Waals surface area contributed by atoms with Crippen molar-refractivity contribution >= 4 is 29.8 Å². The van der Waals surface area contributed by atoms with Gasteiger partial charge in [-0.25, -0.2) is 4.79 Å². The number of amides is 1. The molecule has 0 saturated carbocycles. The van der Waals surface area contributed by atoms with Gasteiger partial charge in [0.25, 0.3) is 6.29 Å². The van der Waals surface area contributed by atoms with Gasteiger partial charge in [-0.1, -0.05) is 27.7 Å². The van der Waals surface area contributed by atoms with Crippen molar-refractivity contribution in [3.8, 4) is 0 Å². The average molecular weight is 335 g/mol. The summed E-state index contributed by atoms with van der Waals surface area (Å²) in [7, 11) is 0. The lowest BCUT2D eigenvalue weighted by molar-refractivity contribution is -0.172. The quantitative estimate of drug-likeness (QED) is 0.491. The molecule has 7 nitrogen and oxygen atoms in total. The van der Waals surface area contributed by atoms with Crippen LogP contribution in [-0.2, 0) is 19.1 Å². The fourth-order valence-electron chi connectivity index (χ4n) is 1.31. The largest absolute Gasteiger partial charge is 0.480 e. The standard InChI is InChI=1S/C14H25NO6S/c1-8(2)7-22-11(12(17)18)6-15-14(19)21-13(9(3)4)20-10(5)16/h8-9,11,13H,6-7H2,1-5H3,(H,15,19)(H,17,18)/t11-,13-/m0/s1. The molecule has 0 aromatic rings. The van der Waals surface area contributed by atoms with Crippen molar-refractivity contribution in [1.82, 2.24) is 5.32 Å². The first-order valence-corrected chi connectivity index (χ1v) is 8.14. The Balaban J connectivity index is 4.37. The van der Waals surface area contributed by atoms with Gasteiger partial charge in [0.05, 0.1) is 0 Å². The van der Waals surface area contributed by atoms with E-state index < -0.39 is 29.6 Å². The molecule has 0 aliphatic carbocycles. The topological polar surface area (TPSA) is 102 Å². The van der Waals surface area contributed by atoms with Gasteiger partial charge in [0.15, 0.2) is 0 Å². The van der Waals surface area contributed by atoms with E-state index in [0.29, 0.717) is 11.7 Å². The summed E-state index contributed by atoms with van der Waals surface area (Å²) < 4.78 is 9.86. The maximum absolute atomic E-state index is 11.7. The first kappa shape index (κ1) is 20.6. The number of hydrogen-bond donors (Lipinski definition) is 2. The molecule has 0 aliphatic heterocycles. The van der Waals surface area contributed by atoms with Gasteiger partial charge >= 0.3 is 18.0 Å². The maximum Gasteiger partial charge on any atom is 0.410 e. The lowest BCUT2D eigenvalue weighted by Crippen LogP contribution is -2.39. The van der Waals surface area contributed by atoms with Crippen molar-refractivity contribution in [3.63, 3.8) is 0 Å². The minimum absolute atomic E-state index is 0.0591. The highest BCUT2D eigenvalue weighted by atomic mass is 32.2. The Morgan fingerprint density at radius 1 is 1.14 bits per heavy atom. The molecule has 0 rings (SSSR count). The Morgan fingerprint density at radius 2 is 1.73 bits per heavy atom. The van der Waals surface area contributed by atoms with Crippen LogP contribution in [0.1, 0.15) is 34.6 Å². The van der Waals surface area contributed by atoms with E-state index >= 15 is 0 Å². The third-order valence-corrected chi connectivity index (χ3v) is 4.02. The molecule has 128 valence electrons. The SMILES string of the molecule is CC(=O)O[C@@H](OC(=O)NC[C@H](SCC(C)C)C(=O)O)C(C)C. The second-order valence-corrected chi connectivity index (χ2v) is 6.80. The molecule has 0 unspecified atom stereocenters. The number of alkyl carbamates (subject to hydrolysis) is 1. The number of rotatable bonds is 9. The highest BCUT2D eigenvalue weighted by Crippen LogP contribution is 2.15. The highest BCUT2D eigenvalue weighted by molar-refractivity contribution is 8.00. The molecule has 0 fully saturated rings. The summed E-state index contributed by atoms with van der Waals surface area (Å²) in [5, 5.41) is 10.7. The lowest BCUT2D eigenvalue weighted by atomic mass is 10.2. The number of ether oxygens (including phenoxy) is 2. The van der Waals surface area contributed by atoms with Crippen LogP contribution >= 0.6 is 11.8 Å². The fourth-order valence-corrected chi connectivity index (χ4v) is 2.27. The summed E-state index contributed by atoms with van der Waals surface area (Å²) >= 11 is 1.26. The zero-order valence-electron chi connectivity index (χ0n) is 13.6. The molecule has 0 aromatic carbocycles. The second-order valence-electron chi connectivity index (χ2n) is 5.56. The Morgan fingerprint density at radius 3 is 2.14 bits per heavy atom. The van der Waals surface area contributed by atoms with Crippen LogP contribution in [0, 0.1) is 11.8 Å². The normalized spacial score (nSPS) is 13.6. The molecule has 0 aromatic heterocycles. The summed E-state index contributed by atoms with van der Waals surface area (Å²) in [6.07, 6.45) is -1.81. The second kappa shape index (κ2) is 10.3. The Kier molecular flexibility index (Phi) is 9.64. The van der Waals surface area contributed by atoms with E-state index in [0.717, 1.165) is 0 Å². The molecule has 0 radical (unpaired) electrons. The molecule has 8 heteroatoms. The van der Waals surface area contributed by atoms with E-state index in [-0.39, 0.29) is 12.5 Å². The molecule has 22 heavy (non-hydrogen) atoms. The van der Waals surface area contributed by atoms with Gasteiger partial charge in [-0.2, -0.15) is 0 Å². The predicted octanol–water partition coefficient (Wildman–Crippen LogP) is 2.10. The van der Waals surface area contributed by atoms with E-state index in [1.165, 1.54) is 18.7 Å². The molecule has 0 aliphatic rings. The number of thioether (sulfide) groups is 1. The van der Waals surface area contributed by atoms with Crippen molar-refractivity contribution < 1.29 is 29.0 Å². The first-order chi connectivity index (χ1) is 10.1. The molecule has 0 saturated heterocycles. The zero-order valence-corrected chi connectivity index (χ0v) is 14.4. The highest BCUT2D eigenvalue weighted by Gasteiger charge is 2.23. The maximum atomic E-state index is 11.7. The third kappa shape index (κ3) is 9.49. The fraction of sp³-hybridized carbons (Fsp3) is 0.786. The lowest BCUT2D eigenvalue weighted by Gasteiger charge is -2.21. The van der Waals surface area contributed by atoms with Crippen LogP contribution in [0.2, 0.25) is 0 Å². The van der Waals surface area contributed by atoms with Gasteiger partial charge in [0, 0.05) is 19.4 Å².